The lowest BCUT2D eigenvalue weighted by atomic mass is 9.85. The summed E-state index contributed by atoms with van der Waals surface area (Å²) in [5.74, 6) is 1.30. The largest absolute Gasteiger partial charge is 0.494 e. The number of hydrogen-bond acceptors (Lipinski definition) is 3. The van der Waals surface area contributed by atoms with E-state index in [4.69, 9.17) is 9.72 Å². The molecule has 0 saturated carbocycles. The molecule has 4 heteroatoms. The van der Waals surface area contributed by atoms with E-state index in [2.05, 4.69) is 17.6 Å². The number of aromatic nitrogens is 2. The number of nitrogens with zero attached hydrogens (tertiary/aromatic N) is 2. The zero-order chi connectivity index (χ0) is 19.7. The highest BCUT2D eigenvalue weighted by Crippen LogP contribution is 2.39. The molecular weight excluding hydrogens is 348 g/mol. The predicted molar refractivity (Wildman–Crippen MR) is 112 cm³/mol. The molecule has 0 unspecified atom stereocenters. The lowest BCUT2D eigenvalue weighted by Gasteiger charge is -2.29. The molecule has 4 aromatic rings. The van der Waals surface area contributed by atoms with Gasteiger partial charge in [0.05, 0.1) is 12.6 Å². The fourth-order valence-corrected chi connectivity index (χ4v) is 3.86. The maximum absolute atomic E-state index is 12.1. The smallest absolute Gasteiger partial charge is 0.173 e. The summed E-state index contributed by atoms with van der Waals surface area (Å²) < 4.78 is 7.66. The van der Waals surface area contributed by atoms with E-state index in [-0.39, 0.29) is 0 Å². The number of aliphatic hydroxyl groups is 1. The molecule has 0 saturated heterocycles. The zero-order valence-corrected chi connectivity index (χ0v) is 16.4. The highest BCUT2D eigenvalue weighted by molar-refractivity contribution is 5.84. The third-order valence-corrected chi connectivity index (χ3v) is 5.21. The Kier molecular flexibility index (Phi) is 4.65. The number of hydrogen-bond donors (Lipinski definition) is 1. The molecule has 0 aliphatic heterocycles. The number of imidazole rings is 1. The van der Waals surface area contributed by atoms with Gasteiger partial charge in [-0.15, -0.1) is 0 Å². The van der Waals surface area contributed by atoms with Crippen molar-refractivity contribution in [1.29, 1.82) is 0 Å². The summed E-state index contributed by atoms with van der Waals surface area (Å²) in [7, 11) is 1.65. The fourth-order valence-electron chi connectivity index (χ4n) is 3.86. The first-order chi connectivity index (χ1) is 13.6. The van der Waals surface area contributed by atoms with Crippen molar-refractivity contribution in [2.45, 2.75) is 26.0 Å². The van der Waals surface area contributed by atoms with Crippen molar-refractivity contribution < 1.29 is 9.84 Å². The van der Waals surface area contributed by atoms with Crippen molar-refractivity contribution in [2.75, 3.05) is 7.11 Å². The van der Waals surface area contributed by atoms with E-state index < -0.39 is 5.60 Å². The van der Waals surface area contributed by atoms with Crippen LogP contribution in [0.1, 0.15) is 29.4 Å². The molecule has 1 N–H and O–H groups in total. The molecule has 0 bridgehead atoms. The van der Waals surface area contributed by atoms with Crippen LogP contribution in [0.5, 0.6) is 5.75 Å². The van der Waals surface area contributed by atoms with Gasteiger partial charge >= 0.3 is 0 Å². The summed E-state index contributed by atoms with van der Waals surface area (Å²) in [6, 6.07) is 23.5. The molecule has 28 heavy (non-hydrogen) atoms. The molecule has 0 aliphatic rings. The molecule has 3 aromatic carbocycles. The summed E-state index contributed by atoms with van der Waals surface area (Å²) in [5.41, 5.74) is 2.99. The molecule has 4 nitrogen and oxygen atoms in total. The highest BCUT2D eigenvalue weighted by atomic mass is 16.5. The van der Waals surface area contributed by atoms with Crippen LogP contribution in [0.3, 0.4) is 0 Å². The van der Waals surface area contributed by atoms with E-state index in [1.165, 1.54) is 0 Å². The average molecular weight is 372 g/mol. The number of methoxy groups -OCH3 is 1. The van der Waals surface area contributed by atoms with Crippen molar-refractivity contribution in [1.82, 2.24) is 9.55 Å². The second-order valence-electron chi connectivity index (χ2n) is 6.96. The van der Waals surface area contributed by atoms with Gasteiger partial charge in [0, 0.05) is 6.54 Å². The first-order valence-corrected chi connectivity index (χ1v) is 9.48. The summed E-state index contributed by atoms with van der Waals surface area (Å²) in [5, 5.41) is 12.1. The van der Waals surface area contributed by atoms with E-state index in [1.54, 1.807) is 7.11 Å². The van der Waals surface area contributed by atoms with Crippen LogP contribution in [0, 0.1) is 6.92 Å². The molecule has 1 aromatic heterocycles. The van der Waals surface area contributed by atoms with Gasteiger partial charge in [-0.05, 0) is 42.7 Å². The molecular formula is C24H24N2O2. The van der Waals surface area contributed by atoms with Crippen molar-refractivity contribution in [2.24, 2.45) is 0 Å². The minimum atomic E-state index is -1.38. The maximum atomic E-state index is 12.1. The first-order valence-electron chi connectivity index (χ1n) is 9.48. The van der Waals surface area contributed by atoms with Gasteiger partial charge in [-0.25, -0.2) is 4.98 Å². The van der Waals surface area contributed by atoms with Gasteiger partial charge < -0.3 is 14.4 Å². The van der Waals surface area contributed by atoms with Gasteiger partial charge in [-0.1, -0.05) is 60.7 Å². The van der Waals surface area contributed by atoms with Gasteiger partial charge in [0.1, 0.15) is 11.3 Å². The molecule has 142 valence electrons. The summed E-state index contributed by atoms with van der Waals surface area (Å²) in [6.07, 6.45) is 0. The van der Waals surface area contributed by atoms with Gasteiger partial charge in [0.2, 0.25) is 0 Å². The normalized spacial score (nSPS) is 11.7. The Labute approximate surface area is 165 Å². The molecule has 0 amide bonds. The molecule has 4 rings (SSSR count). The topological polar surface area (TPSA) is 47.3 Å². The lowest BCUT2D eigenvalue weighted by Crippen LogP contribution is -2.32. The Morgan fingerprint density at radius 1 is 0.964 bits per heavy atom. The van der Waals surface area contributed by atoms with Crippen molar-refractivity contribution >= 4 is 11.0 Å². The Balaban J connectivity index is 2.09. The monoisotopic (exact) mass is 372 g/mol. The Bertz CT molecular complexity index is 1060. The van der Waals surface area contributed by atoms with E-state index in [9.17, 15) is 5.11 Å². The van der Waals surface area contributed by atoms with E-state index in [1.807, 2.05) is 73.7 Å². The molecule has 1 heterocycles. The fraction of sp³-hybridized carbons (Fsp3) is 0.208. The van der Waals surface area contributed by atoms with Crippen LogP contribution in [-0.2, 0) is 12.1 Å². The number of fused-ring (bicyclic) bond motifs is 1. The van der Waals surface area contributed by atoms with Crippen LogP contribution in [-0.4, -0.2) is 21.8 Å². The quantitative estimate of drug-likeness (QED) is 0.554. The van der Waals surface area contributed by atoms with E-state index >= 15 is 0 Å². The molecule has 0 aliphatic carbocycles. The van der Waals surface area contributed by atoms with Crippen LogP contribution in [0.2, 0.25) is 0 Å². The molecule has 0 atom stereocenters. The minimum Gasteiger partial charge on any atom is -0.494 e. The van der Waals surface area contributed by atoms with Gasteiger partial charge in [0.25, 0.3) is 0 Å². The SMILES string of the molecule is CCn1c(C(O)(c2ccccc2)c2ccccc2)nc2c(OC)cc(C)cc21. The van der Waals surface area contributed by atoms with Gasteiger partial charge in [-0.2, -0.15) is 0 Å². The Hall–Kier alpha value is -3.11. The third kappa shape index (κ3) is 2.77. The van der Waals surface area contributed by atoms with Crippen molar-refractivity contribution in [3.8, 4) is 5.75 Å². The second-order valence-corrected chi connectivity index (χ2v) is 6.96. The standard InChI is InChI=1S/C24H24N2O2/c1-4-26-20-15-17(2)16-21(28-3)22(20)25-23(26)24(27,18-11-7-5-8-12-18)19-13-9-6-10-14-19/h5-16,27H,4H2,1-3H3. The van der Waals surface area contributed by atoms with E-state index in [0.29, 0.717) is 18.1 Å². The number of rotatable bonds is 5. The Morgan fingerprint density at radius 2 is 1.54 bits per heavy atom. The molecule has 0 radical (unpaired) electrons. The summed E-state index contributed by atoms with van der Waals surface area (Å²) >= 11 is 0. The third-order valence-electron chi connectivity index (χ3n) is 5.21. The second kappa shape index (κ2) is 7.13. The van der Waals surface area contributed by atoms with Gasteiger partial charge in [-0.3, -0.25) is 0 Å². The molecule has 0 fully saturated rings. The minimum absolute atomic E-state index is 0.589. The van der Waals surface area contributed by atoms with E-state index in [0.717, 1.165) is 27.7 Å². The number of ether oxygens (including phenoxy) is 1. The zero-order valence-electron chi connectivity index (χ0n) is 16.4. The van der Waals surface area contributed by atoms with Crippen LogP contribution in [0.15, 0.2) is 72.8 Å². The first kappa shape index (κ1) is 18.3. The molecule has 0 spiro atoms. The van der Waals surface area contributed by atoms with Crippen LogP contribution >= 0.6 is 0 Å². The van der Waals surface area contributed by atoms with Crippen molar-refractivity contribution in [3.05, 3.63) is 95.3 Å². The number of aryl methyl sites for hydroxylation is 2. The maximum Gasteiger partial charge on any atom is 0.173 e. The predicted octanol–water partition coefficient (Wildman–Crippen LogP) is 4.66. The van der Waals surface area contributed by atoms with Crippen molar-refractivity contribution in [3.63, 3.8) is 0 Å². The van der Waals surface area contributed by atoms with Crippen LogP contribution in [0.25, 0.3) is 11.0 Å². The van der Waals surface area contributed by atoms with Crippen LogP contribution < -0.4 is 4.74 Å². The average Bonchev–Trinajstić information content (AvgIpc) is 3.12. The van der Waals surface area contributed by atoms with Crippen LogP contribution in [0.4, 0.5) is 0 Å². The highest BCUT2D eigenvalue weighted by Gasteiger charge is 2.39. The van der Waals surface area contributed by atoms with Gasteiger partial charge in [0.15, 0.2) is 11.4 Å². The number of benzene rings is 3. The Morgan fingerprint density at radius 3 is 2.04 bits per heavy atom. The summed E-state index contributed by atoms with van der Waals surface area (Å²) in [6.45, 7) is 4.78. The summed E-state index contributed by atoms with van der Waals surface area (Å²) in [4.78, 5) is 4.91. The lowest BCUT2D eigenvalue weighted by molar-refractivity contribution is 0.112.